The maximum atomic E-state index is 13.8. The molecule has 3 aliphatic rings. The standard InChI is InChI=1S/C32H42BrN3O4/c1-2-3-19-36-30(38)28(29(37)24-7-5-4-6-8-24)34-31(39)32(36)17-20-35(21-18-32)22-23-9-13-26(14-10-23)40-27-15-11-25(33)12-16-27/h9-16,24,28-29,37H,2-8,17-22H2,1H3,(H,34,39)/t28-,29-/m1/s1. The van der Waals surface area contributed by atoms with Crippen LogP contribution < -0.4 is 10.1 Å². The summed E-state index contributed by atoms with van der Waals surface area (Å²) in [4.78, 5) is 31.7. The summed E-state index contributed by atoms with van der Waals surface area (Å²) >= 11 is 3.44. The van der Waals surface area contributed by atoms with Crippen molar-refractivity contribution < 1.29 is 19.4 Å². The van der Waals surface area contributed by atoms with Gasteiger partial charge in [-0.15, -0.1) is 0 Å². The number of benzene rings is 2. The first-order valence-corrected chi connectivity index (χ1v) is 15.7. The predicted molar refractivity (Wildman–Crippen MR) is 159 cm³/mol. The van der Waals surface area contributed by atoms with Gasteiger partial charge in [-0.1, -0.05) is 60.7 Å². The second kappa shape index (κ2) is 13.0. The number of carbonyl (C=O) groups is 2. The van der Waals surface area contributed by atoms with Crippen molar-refractivity contribution >= 4 is 27.7 Å². The summed E-state index contributed by atoms with van der Waals surface area (Å²) in [6.07, 6.45) is 7.38. The number of carbonyl (C=O) groups excluding carboxylic acids is 2. The number of ether oxygens (including phenoxy) is 1. The molecule has 1 spiro atoms. The minimum Gasteiger partial charge on any atom is -0.457 e. The molecule has 0 aromatic heterocycles. The predicted octanol–water partition coefficient (Wildman–Crippen LogP) is 5.64. The number of nitrogens with zero attached hydrogens (tertiary/aromatic N) is 2. The van der Waals surface area contributed by atoms with Gasteiger partial charge in [0.2, 0.25) is 11.8 Å². The molecule has 2 N–H and O–H groups in total. The number of aliphatic hydroxyl groups excluding tert-OH is 1. The van der Waals surface area contributed by atoms with Crippen LogP contribution in [0.2, 0.25) is 0 Å². The quantitative estimate of drug-likeness (QED) is 0.383. The van der Waals surface area contributed by atoms with Crippen LogP contribution in [0.4, 0.5) is 0 Å². The molecular formula is C32H42BrN3O4. The van der Waals surface area contributed by atoms with Crippen LogP contribution in [0.5, 0.6) is 11.5 Å². The van der Waals surface area contributed by atoms with Gasteiger partial charge < -0.3 is 20.1 Å². The Morgan fingerprint density at radius 2 is 1.62 bits per heavy atom. The molecule has 0 radical (unpaired) electrons. The van der Waals surface area contributed by atoms with E-state index in [1.165, 1.54) is 12.0 Å². The number of hydrogen-bond acceptors (Lipinski definition) is 5. The average molecular weight is 613 g/mol. The second-order valence-electron chi connectivity index (χ2n) is 11.7. The van der Waals surface area contributed by atoms with E-state index >= 15 is 0 Å². The number of piperidine rings is 1. The highest BCUT2D eigenvalue weighted by Crippen LogP contribution is 2.36. The fourth-order valence-corrected chi connectivity index (χ4v) is 6.86. The fraction of sp³-hybridized carbons (Fsp3) is 0.562. The summed E-state index contributed by atoms with van der Waals surface area (Å²) < 4.78 is 6.96. The summed E-state index contributed by atoms with van der Waals surface area (Å²) in [6, 6.07) is 15.1. The minimum absolute atomic E-state index is 0.0820. The lowest BCUT2D eigenvalue weighted by atomic mass is 9.78. The zero-order valence-electron chi connectivity index (χ0n) is 23.5. The Kier molecular flexibility index (Phi) is 9.49. The van der Waals surface area contributed by atoms with E-state index in [-0.39, 0.29) is 17.7 Å². The Morgan fingerprint density at radius 1 is 1.00 bits per heavy atom. The first kappa shape index (κ1) is 29.1. The van der Waals surface area contributed by atoms with Crippen LogP contribution in [0.15, 0.2) is 53.0 Å². The van der Waals surface area contributed by atoms with Crippen molar-refractivity contribution in [2.24, 2.45) is 5.92 Å². The highest BCUT2D eigenvalue weighted by atomic mass is 79.9. The molecule has 2 aromatic carbocycles. The Labute approximate surface area is 246 Å². The molecule has 216 valence electrons. The van der Waals surface area contributed by atoms with Crippen molar-refractivity contribution in [2.45, 2.75) is 88.9 Å². The van der Waals surface area contributed by atoms with Gasteiger partial charge in [-0.25, -0.2) is 0 Å². The number of amides is 2. The fourth-order valence-electron chi connectivity index (χ4n) is 6.60. The molecule has 2 saturated heterocycles. The lowest BCUT2D eigenvalue weighted by molar-refractivity contribution is -0.166. The average Bonchev–Trinajstić information content (AvgIpc) is 2.98. The molecule has 2 aliphatic heterocycles. The van der Waals surface area contributed by atoms with Crippen molar-refractivity contribution in [1.82, 2.24) is 15.1 Å². The maximum absolute atomic E-state index is 13.8. The van der Waals surface area contributed by atoms with E-state index in [0.717, 1.165) is 74.1 Å². The first-order valence-electron chi connectivity index (χ1n) is 14.9. The van der Waals surface area contributed by atoms with Gasteiger partial charge in [0.1, 0.15) is 23.1 Å². The smallest absolute Gasteiger partial charge is 0.248 e. The largest absolute Gasteiger partial charge is 0.457 e. The summed E-state index contributed by atoms with van der Waals surface area (Å²) in [5, 5.41) is 14.2. The van der Waals surface area contributed by atoms with Gasteiger partial charge in [-0.05, 0) is 80.0 Å². The number of rotatable bonds is 9. The van der Waals surface area contributed by atoms with Crippen LogP contribution in [0.1, 0.15) is 70.3 Å². The lowest BCUT2D eigenvalue weighted by Gasteiger charge is -2.52. The van der Waals surface area contributed by atoms with Gasteiger partial charge in [0.05, 0.1) is 6.10 Å². The van der Waals surface area contributed by atoms with Gasteiger partial charge in [0, 0.05) is 30.7 Å². The van der Waals surface area contributed by atoms with Crippen molar-refractivity contribution in [3.05, 3.63) is 58.6 Å². The number of aliphatic hydroxyl groups is 1. The molecule has 1 saturated carbocycles. The van der Waals surface area contributed by atoms with E-state index < -0.39 is 17.7 Å². The number of piperazine rings is 1. The Bertz CT molecular complexity index is 1140. The van der Waals surface area contributed by atoms with Gasteiger partial charge in [0.25, 0.3) is 0 Å². The first-order chi connectivity index (χ1) is 19.4. The molecular weight excluding hydrogens is 570 g/mol. The van der Waals surface area contributed by atoms with Gasteiger partial charge >= 0.3 is 0 Å². The normalized spacial score (nSPS) is 22.8. The van der Waals surface area contributed by atoms with Crippen LogP contribution in [-0.4, -0.2) is 64.0 Å². The zero-order chi connectivity index (χ0) is 28.1. The van der Waals surface area contributed by atoms with Crippen LogP contribution in [0, 0.1) is 5.92 Å². The topological polar surface area (TPSA) is 82.1 Å². The third kappa shape index (κ3) is 6.39. The molecule has 2 heterocycles. The Hall–Kier alpha value is -2.42. The van der Waals surface area contributed by atoms with Crippen LogP contribution >= 0.6 is 15.9 Å². The van der Waals surface area contributed by atoms with Crippen LogP contribution in [0.25, 0.3) is 0 Å². The summed E-state index contributed by atoms with van der Waals surface area (Å²) in [5.41, 5.74) is 0.357. The molecule has 5 rings (SSSR count). The molecule has 1 aliphatic carbocycles. The molecule has 8 heteroatoms. The minimum atomic E-state index is -0.825. The second-order valence-corrected chi connectivity index (χ2v) is 12.6. The van der Waals surface area contributed by atoms with Crippen molar-refractivity contribution in [1.29, 1.82) is 0 Å². The maximum Gasteiger partial charge on any atom is 0.248 e. The molecule has 0 unspecified atom stereocenters. The van der Waals surface area contributed by atoms with E-state index in [0.29, 0.717) is 19.4 Å². The summed E-state index contributed by atoms with van der Waals surface area (Å²) in [6.45, 7) is 4.92. The van der Waals surface area contributed by atoms with E-state index in [1.54, 1.807) is 0 Å². The molecule has 2 atom stereocenters. The zero-order valence-corrected chi connectivity index (χ0v) is 25.1. The number of nitrogens with one attached hydrogen (secondary N) is 1. The number of halogens is 1. The van der Waals surface area contributed by atoms with Gasteiger partial charge in [-0.3, -0.25) is 14.5 Å². The van der Waals surface area contributed by atoms with Crippen LogP contribution in [0.3, 0.4) is 0 Å². The molecule has 0 bridgehead atoms. The summed E-state index contributed by atoms with van der Waals surface area (Å²) in [5.74, 6) is 1.48. The summed E-state index contributed by atoms with van der Waals surface area (Å²) in [7, 11) is 0. The monoisotopic (exact) mass is 611 g/mol. The third-order valence-electron chi connectivity index (χ3n) is 9.03. The van der Waals surface area contributed by atoms with Gasteiger partial charge in [0.15, 0.2) is 0 Å². The molecule has 2 aromatic rings. The number of hydrogen-bond donors (Lipinski definition) is 2. The molecule has 2 amide bonds. The lowest BCUT2D eigenvalue weighted by Crippen LogP contribution is -2.75. The van der Waals surface area contributed by atoms with Crippen molar-refractivity contribution in [3.8, 4) is 11.5 Å². The van der Waals surface area contributed by atoms with Crippen molar-refractivity contribution in [3.63, 3.8) is 0 Å². The van der Waals surface area contributed by atoms with E-state index in [4.69, 9.17) is 4.74 Å². The SMILES string of the molecule is CCCCN1C(=O)[C@@H]([C@H](O)C2CCCCC2)NC(=O)C12CCN(Cc1ccc(Oc3ccc(Br)cc3)cc1)CC2. The van der Waals surface area contributed by atoms with E-state index in [2.05, 4.69) is 45.2 Å². The molecule has 40 heavy (non-hydrogen) atoms. The van der Waals surface area contributed by atoms with Crippen LogP contribution in [-0.2, 0) is 16.1 Å². The number of likely N-dealkylation sites (tertiary alicyclic amines) is 1. The number of unbranched alkanes of at least 4 members (excludes halogenated alkanes) is 1. The van der Waals surface area contributed by atoms with E-state index in [9.17, 15) is 14.7 Å². The highest BCUT2D eigenvalue weighted by molar-refractivity contribution is 9.10. The van der Waals surface area contributed by atoms with Crippen molar-refractivity contribution in [2.75, 3.05) is 19.6 Å². The Balaban J connectivity index is 1.21. The molecule has 3 fully saturated rings. The van der Waals surface area contributed by atoms with Gasteiger partial charge in [-0.2, -0.15) is 0 Å². The highest BCUT2D eigenvalue weighted by Gasteiger charge is 2.55. The Morgan fingerprint density at radius 3 is 2.25 bits per heavy atom. The van der Waals surface area contributed by atoms with E-state index in [1.807, 2.05) is 41.3 Å². The third-order valence-corrected chi connectivity index (χ3v) is 9.56. The molecule has 7 nitrogen and oxygen atoms in total.